The summed E-state index contributed by atoms with van der Waals surface area (Å²) in [4.78, 5) is 7.42. The Morgan fingerprint density at radius 3 is 3.06 bits per heavy atom. The van der Waals surface area contributed by atoms with Crippen LogP contribution in [0.25, 0.3) is 17.1 Å². The van der Waals surface area contributed by atoms with E-state index in [1.165, 1.54) is 5.57 Å². The molecule has 0 aliphatic heterocycles. The van der Waals surface area contributed by atoms with E-state index in [1.54, 1.807) is 6.20 Å². The fourth-order valence-corrected chi connectivity index (χ4v) is 1.76. The van der Waals surface area contributed by atoms with E-state index < -0.39 is 0 Å². The lowest BCUT2D eigenvalue weighted by Gasteiger charge is -2.07. The summed E-state index contributed by atoms with van der Waals surface area (Å²) in [5.74, 6) is 0.478. The normalized spacial score (nSPS) is 12.6. The predicted molar refractivity (Wildman–Crippen MR) is 68.0 cm³/mol. The molecule has 3 nitrogen and oxygen atoms in total. The molecule has 0 unspecified atom stereocenters. The SMILES string of the molecule is CC(C)C(=Cc1c[nH]c2ncccc12)CN. The van der Waals surface area contributed by atoms with Gasteiger partial charge in [-0.3, -0.25) is 0 Å². The Morgan fingerprint density at radius 2 is 2.38 bits per heavy atom. The van der Waals surface area contributed by atoms with Gasteiger partial charge in [-0.1, -0.05) is 25.5 Å². The average molecular weight is 215 g/mol. The van der Waals surface area contributed by atoms with Gasteiger partial charge >= 0.3 is 0 Å². The minimum absolute atomic E-state index is 0.478. The maximum absolute atomic E-state index is 5.74. The molecule has 2 heterocycles. The molecule has 0 fully saturated rings. The maximum atomic E-state index is 5.74. The molecule has 2 rings (SSSR count). The lowest BCUT2D eigenvalue weighted by atomic mass is 10.0. The number of pyridine rings is 1. The van der Waals surface area contributed by atoms with E-state index in [-0.39, 0.29) is 0 Å². The summed E-state index contributed by atoms with van der Waals surface area (Å²) < 4.78 is 0. The molecule has 0 bridgehead atoms. The standard InChI is InChI=1S/C13H17N3/c1-9(2)10(7-14)6-11-8-16-13-12(11)4-3-5-15-13/h3-6,8-9H,7,14H2,1-2H3,(H,15,16). The fraction of sp³-hybridized carbons (Fsp3) is 0.308. The van der Waals surface area contributed by atoms with Crippen LogP contribution in [0.4, 0.5) is 0 Å². The number of fused-ring (bicyclic) bond motifs is 1. The summed E-state index contributed by atoms with van der Waals surface area (Å²) in [6, 6.07) is 4.02. The summed E-state index contributed by atoms with van der Waals surface area (Å²) in [5.41, 5.74) is 9.08. The first kappa shape index (κ1) is 10.9. The number of nitrogens with two attached hydrogens (primary N) is 1. The molecule has 0 radical (unpaired) electrons. The monoisotopic (exact) mass is 215 g/mol. The molecule has 0 aromatic carbocycles. The van der Waals surface area contributed by atoms with Gasteiger partial charge in [0.15, 0.2) is 0 Å². The van der Waals surface area contributed by atoms with Crippen molar-refractivity contribution in [2.24, 2.45) is 11.7 Å². The zero-order valence-corrected chi connectivity index (χ0v) is 9.70. The van der Waals surface area contributed by atoms with E-state index >= 15 is 0 Å². The van der Waals surface area contributed by atoms with Crippen LogP contribution in [0.2, 0.25) is 0 Å². The Morgan fingerprint density at radius 1 is 1.56 bits per heavy atom. The lowest BCUT2D eigenvalue weighted by molar-refractivity contribution is 0.753. The summed E-state index contributed by atoms with van der Waals surface area (Å²) in [6.45, 7) is 4.92. The molecule has 3 heteroatoms. The quantitative estimate of drug-likeness (QED) is 0.826. The van der Waals surface area contributed by atoms with Crippen molar-refractivity contribution in [1.29, 1.82) is 0 Å². The van der Waals surface area contributed by atoms with Crippen molar-refractivity contribution >= 4 is 17.1 Å². The molecule has 0 aliphatic carbocycles. The second-order valence-corrected chi connectivity index (χ2v) is 4.22. The second kappa shape index (κ2) is 4.49. The van der Waals surface area contributed by atoms with Crippen LogP contribution in [0.15, 0.2) is 30.1 Å². The molecule has 3 N–H and O–H groups in total. The van der Waals surface area contributed by atoms with Crippen molar-refractivity contribution in [1.82, 2.24) is 9.97 Å². The van der Waals surface area contributed by atoms with Gasteiger partial charge < -0.3 is 10.7 Å². The molecule has 84 valence electrons. The minimum Gasteiger partial charge on any atom is -0.346 e. The summed E-state index contributed by atoms with van der Waals surface area (Å²) in [5, 5.41) is 1.15. The average Bonchev–Trinajstić information content (AvgIpc) is 2.69. The van der Waals surface area contributed by atoms with Gasteiger partial charge in [-0.15, -0.1) is 0 Å². The molecule has 0 aliphatic rings. The first-order chi connectivity index (χ1) is 7.72. The van der Waals surface area contributed by atoms with Gasteiger partial charge in [0.1, 0.15) is 5.65 Å². The molecular formula is C13H17N3. The highest BCUT2D eigenvalue weighted by molar-refractivity contribution is 5.86. The van der Waals surface area contributed by atoms with E-state index in [9.17, 15) is 0 Å². The Bertz CT molecular complexity index is 509. The number of H-pyrrole nitrogens is 1. The number of nitrogens with zero attached hydrogens (tertiary/aromatic N) is 1. The van der Waals surface area contributed by atoms with Crippen LogP contribution < -0.4 is 5.73 Å². The highest BCUT2D eigenvalue weighted by Gasteiger charge is 2.05. The number of hydrogen-bond acceptors (Lipinski definition) is 2. The van der Waals surface area contributed by atoms with Gasteiger partial charge in [-0.2, -0.15) is 0 Å². The van der Waals surface area contributed by atoms with Gasteiger partial charge in [-0.05, 0) is 18.1 Å². The van der Waals surface area contributed by atoms with Crippen LogP contribution in [-0.2, 0) is 0 Å². The van der Waals surface area contributed by atoms with E-state index in [1.807, 2.05) is 12.3 Å². The molecule has 0 spiro atoms. The Labute approximate surface area is 95.4 Å². The lowest BCUT2D eigenvalue weighted by Crippen LogP contribution is -2.07. The molecular weight excluding hydrogens is 198 g/mol. The molecule has 0 saturated carbocycles. The number of aromatic amines is 1. The van der Waals surface area contributed by atoms with Crippen molar-refractivity contribution < 1.29 is 0 Å². The van der Waals surface area contributed by atoms with Gasteiger partial charge in [-0.25, -0.2) is 4.98 Å². The molecule has 0 amide bonds. The van der Waals surface area contributed by atoms with Crippen LogP contribution in [0.3, 0.4) is 0 Å². The van der Waals surface area contributed by atoms with E-state index in [0.29, 0.717) is 12.5 Å². The molecule has 0 atom stereocenters. The first-order valence-electron chi connectivity index (χ1n) is 5.55. The van der Waals surface area contributed by atoms with Crippen molar-refractivity contribution in [3.05, 3.63) is 35.7 Å². The topological polar surface area (TPSA) is 54.7 Å². The zero-order valence-electron chi connectivity index (χ0n) is 9.70. The van der Waals surface area contributed by atoms with E-state index in [0.717, 1.165) is 16.6 Å². The smallest absolute Gasteiger partial charge is 0.137 e. The molecule has 2 aromatic rings. The van der Waals surface area contributed by atoms with E-state index in [2.05, 4.69) is 36.0 Å². The van der Waals surface area contributed by atoms with Gasteiger partial charge in [0.2, 0.25) is 0 Å². The Balaban J connectivity index is 2.48. The third kappa shape index (κ3) is 1.99. The number of nitrogens with one attached hydrogen (secondary N) is 1. The van der Waals surface area contributed by atoms with Crippen molar-refractivity contribution in [2.45, 2.75) is 13.8 Å². The first-order valence-corrected chi connectivity index (χ1v) is 5.55. The minimum atomic E-state index is 0.478. The maximum Gasteiger partial charge on any atom is 0.137 e. The van der Waals surface area contributed by atoms with Crippen LogP contribution >= 0.6 is 0 Å². The van der Waals surface area contributed by atoms with Gasteiger partial charge in [0.05, 0.1) is 0 Å². The third-order valence-electron chi connectivity index (χ3n) is 2.80. The third-order valence-corrected chi connectivity index (χ3v) is 2.80. The van der Waals surface area contributed by atoms with Gasteiger partial charge in [0.25, 0.3) is 0 Å². The number of rotatable bonds is 3. The van der Waals surface area contributed by atoms with Crippen LogP contribution in [0.5, 0.6) is 0 Å². The highest BCUT2D eigenvalue weighted by Crippen LogP contribution is 2.20. The van der Waals surface area contributed by atoms with Crippen LogP contribution in [0.1, 0.15) is 19.4 Å². The Hall–Kier alpha value is -1.61. The fourth-order valence-electron chi connectivity index (χ4n) is 1.76. The van der Waals surface area contributed by atoms with Gasteiger partial charge in [0, 0.05) is 29.9 Å². The van der Waals surface area contributed by atoms with Crippen molar-refractivity contribution in [3.8, 4) is 0 Å². The van der Waals surface area contributed by atoms with E-state index in [4.69, 9.17) is 5.73 Å². The number of aromatic nitrogens is 2. The largest absolute Gasteiger partial charge is 0.346 e. The predicted octanol–water partition coefficient (Wildman–Crippen LogP) is 2.56. The van der Waals surface area contributed by atoms with Crippen LogP contribution in [0, 0.1) is 5.92 Å². The van der Waals surface area contributed by atoms with Crippen molar-refractivity contribution in [2.75, 3.05) is 6.54 Å². The molecule has 0 saturated heterocycles. The molecule has 16 heavy (non-hydrogen) atoms. The highest BCUT2D eigenvalue weighted by atomic mass is 14.8. The Kier molecular flexibility index (Phi) is 3.06. The summed E-state index contributed by atoms with van der Waals surface area (Å²) in [6.07, 6.45) is 5.93. The molecule has 2 aromatic heterocycles. The number of hydrogen-bond donors (Lipinski definition) is 2. The van der Waals surface area contributed by atoms with Crippen LogP contribution in [-0.4, -0.2) is 16.5 Å². The second-order valence-electron chi connectivity index (χ2n) is 4.22. The zero-order chi connectivity index (χ0) is 11.5. The van der Waals surface area contributed by atoms with Crippen molar-refractivity contribution in [3.63, 3.8) is 0 Å². The summed E-state index contributed by atoms with van der Waals surface area (Å²) >= 11 is 0. The summed E-state index contributed by atoms with van der Waals surface area (Å²) in [7, 11) is 0.